The van der Waals surface area contributed by atoms with Gasteiger partial charge in [-0.05, 0) is 37.0 Å². The van der Waals surface area contributed by atoms with Crippen LogP contribution in [-0.4, -0.2) is 12.4 Å². The van der Waals surface area contributed by atoms with E-state index in [9.17, 15) is 4.79 Å². The fraction of sp³-hybridized carbons (Fsp3) is 0.316. The van der Waals surface area contributed by atoms with E-state index in [1.807, 2.05) is 56.3 Å². The normalized spacial score (nSPS) is 10.4. The van der Waals surface area contributed by atoms with Gasteiger partial charge in [0.1, 0.15) is 5.75 Å². The molecule has 0 radical (unpaired) electrons. The standard InChI is InChI=1S/C19H22O2/c1-4-6-16-9-11-17(12-10-16)18(20)13-21-19-14(2)7-5-8-15(19)3/h5,7-12H,4,6,13H2,1-3H3. The maximum Gasteiger partial charge on any atom is 0.200 e. The van der Waals surface area contributed by atoms with Crippen molar-refractivity contribution in [2.24, 2.45) is 0 Å². The number of carbonyl (C=O) groups is 1. The van der Waals surface area contributed by atoms with Crippen molar-refractivity contribution in [1.29, 1.82) is 0 Å². The van der Waals surface area contributed by atoms with Crippen LogP contribution in [0.15, 0.2) is 42.5 Å². The molecule has 0 aromatic heterocycles. The molecule has 0 spiro atoms. The first-order valence-electron chi connectivity index (χ1n) is 7.43. The van der Waals surface area contributed by atoms with Crippen LogP contribution in [0.2, 0.25) is 0 Å². The number of Topliss-reactive ketones (excluding diaryl/α,β-unsaturated/α-hetero) is 1. The Hall–Kier alpha value is -2.09. The van der Waals surface area contributed by atoms with Gasteiger partial charge in [-0.2, -0.15) is 0 Å². The highest BCUT2D eigenvalue weighted by Crippen LogP contribution is 2.22. The topological polar surface area (TPSA) is 26.3 Å². The number of aryl methyl sites for hydroxylation is 3. The van der Waals surface area contributed by atoms with Crippen molar-refractivity contribution in [2.75, 3.05) is 6.61 Å². The average Bonchev–Trinajstić information content (AvgIpc) is 2.47. The number of ketones is 1. The second kappa shape index (κ2) is 7.07. The largest absolute Gasteiger partial charge is 0.485 e. The van der Waals surface area contributed by atoms with Crippen molar-refractivity contribution in [1.82, 2.24) is 0 Å². The number of ether oxygens (including phenoxy) is 1. The van der Waals surface area contributed by atoms with E-state index in [0.717, 1.165) is 29.7 Å². The summed E-state index contributed by atoms with van der Waals surface area (Å²) in [4.78, 5) is 12.2. The molecule has 0 aliphatic carbocycles. The third-order valence-corrected chi connectivity index (χ3v) is 3.57. The Kier molecular flexibility index (Phi) is 5.15. The molecule has 0 aliphatic rings. The Morgan fingerprint density at radius 1 is 1.00 bits per heavy atom. The van der Waals surface area contributed by atoms with Crippen molar-refractivity contribution in [3.63, 3.8) is 0 Å². The fourth-order valence-electron chi connectivity index (χ4n) is 2.39. The van der Waals surface area contributed by atoms with Crippen molar-refractivity contribution >= 4 is 5.78 Å². The fourth-order valence-corrected chi connectivity index (χ4v) is 2.39. The number of hydrogen-bond donors (Lipinski definition) is 0. The molecule has 0 unspecified atom stereocenters. The predicted molar refractivity (Wildman–Crippen MR) is 86.2 cm³/mol. The summed E-state index contributed by atoms with van der Waals surface area (Å²) in [6.45, 7) is 6.22. The Balaban J connectivity index is 2.01. The summed E-state index contributed by atoms with van der Waals surface area (Å²) in [5.74, 6) is 0.828. The number of rotatable bonds is 6. The van der Waals surface area contributed by atoms with Crippen molar-refractivity contribution in [3.8, 4) is 5.75 Å². The quantitative estimate of drug-likeness (QED) is 0.728. The van der Waals surface area contributed by atoms with Crippen LogP contribution in [0.1, 0.15) is 40.4 Å². The smallest absolute Gasteiger partial charge is 0.200 e. The summed E-state index contributed by atoms with van der Waals surface area (Å²) in [5, 5.41) is 0. The molecule has 2 heteroatoms. The molecular weight excluding hydrogens is 260 g/mol. The van der Waals surface area contributed by atoms with Gasteiger partial charge in [-0.1, -0.05) is 55.8 Å². The molecule has 0 saturated heterocycles. The third-order valence-electron chi connectivity index (χ3n) is 3.57. The van der Waals surface area contributed by atoms with Crippen LogP contribution in [0, 0.1) is 13.8 Å². The SMILES string of the molecule is CCCc1ccc(C(=O)COc2c(C)cccc2C)cc1. The highest BCUT2D eigenvalue weighted by Gasteiger charge is 2.09. The van der Waals surface area contributed by atoms with E-state index in [2.05, 4.69) is 6.92 Å². The number of carbonyl (C=O) groups excluding carboxylic acids is 1. The number of benzene rings is 2. The lowest BCUT2D eigenvalue weighted by atomic mass is 10.1. The van der Waals surface area contributed by atoms with E-state index in [4.69, 9.17) is 4.74 Å². The van der Waals surface area contributed by atoms with Gasteiger partial charge >= 0.3 is 0 Å². The van der Waals surface area contributed by atoms with Crippen LogP contribution in [0.5, 0.6) is 5.75 Å². The van der Waals surface area contributed by atoms with Crippen molar-refractivity contribution < 1.29 is 9.53 Å². The molecule has 0 saturated carbocycles. The number of hydrogen-bond acceptors (Lipinski definition) is 2. The molecule has 21 heavy (non-hydrogen) atoms. The first-order valence-corrected chi connectivity index (χ1v) is 7.43. The van der Waals surface area contributed by atoms with E-state index >= 15 is 0 Å². The lowest BCUT2D eigenvalue weighted by molar-refractivity contribution is 0.0920. The van der Waals surface area contributed by atoms with E-state index in [-0.39, 0.29) is 12.4 Å². The molecule has 2 aromatic rings. The van der Waals surface area contributed by atoms with Gasteiger partial charge in [0.05, 0.1) is 0 Å². The van der Waals surface area contributed by atoms with Gasteiger partial charge in [-0.3, -0.25) is 4.79 Å². The molecule has 2 aromatic carbocycles. The lowest BCUT2D eigenvalue weighted by Crippen LogP contribution is -2.12. The van der Waals surface area contributed by atoms with Crippen molar-refractivity contribution in [2.45, 2.75) is 33.6 Å². The van der Waals surface area contributed by atoms with Gasteiger partial charge in [0.2, 0.25) is 0 Å². The van der Waals surface area contributed by atoms with Crippen LogP contribution in [0.4, 0.5) is 0 Å². The zero-order valence-corrected chi connectivity index (χ0v) is 13.0. The number of para-hydroxylation sites is 1. The Labute approximate surface area is 126 Å². The molecule has 0 aliphatic heterocycles. The molecule has 0 amide bonds. The van der Waals surface area contributed by atoms with Crippen LogP contribution in [0.25, 0.3) is 0 Å². The monoisotopic (exact) mass is 282 g/mol. The van der Waals surface area contributed by atoms with E-state index in [1.54, 1.807) is 0 Å². The molecule has 2 rings (SSSR count). The second-order valence-corrected chi connectivity index (χ2v) is 5.38. The lowest BCUT2D eigenvalue weighted by Gasteiger charge is -2.11. The maximum atomic E-state index is 12.2. The van der Waals surface area contributed by atoms with Gasteiger partial charge in [-0.15, -0.1) is 0 Å². The minimum Gasteiger partial charge on any atom is -0.485 e. The Morgan fingerprint density at radius 2 is 1.62 bits per heavy atom. The molecule has 2 nitrogen and oxygen atoms in total. The molecular formula is C19H22O2. The minimum absolute atomic E-state index is 0.0145. The van der Waals surface area contributed by atoms with Gasteiger partial charge in [0.25, 0.3) is 0 Å². The van der Waals surface area contributed by atoms with Crippen LogP contribution in [0.3, 0.4) is 0 Å². The summed E-state index contributed by atoms with van der Waals surface area (Å²) < 4.78 is 5.71. The Bertz CT molecular complexity index is 592. The molecule has 0 N–H and O–H groups in total. The third kappa shape index (κ3) is 3.94. The highest BCUT2D eigenvalue weighted by atomic mass is 16.5. The van der Waals surface area contributed by atoms with Gasteiger partial charge in [0, 0.05) is 5.56 Å². The summed E-state index contributed by atoms with van der Waals surface area (Å²) in [6.07, 6.45) is 2.16. The molecule has 0 atom stereocenters. The highest BCUT2D eigenvalue weighted by molar-refractivity contribution is 5.97. The van der Waals surface area contributed by atoms with Gasteiger partial charge in [-0.25, -0.2) is 0 Å². The predicted octanol–water partition coefficient (Wildman–Crippen LogP) is 4.52. The first-order chi connectivity index (χ1) is 10.1. The molecule has 110 valence electrons. The van der Waals surface area contributed by atoms with Crippen LogP contribution < -0.4 is 4.74 Å². The van der Waals surface area contributed by atoms with E-state index < -0.39 is 0 Å². The van der Waals surface area contributed by atoms with E-state index in [0.29, 0.717) is 5.56 Å². The zero-order chi connectivity index (χ0) is 15.2. The van der Waals surface area contributed by atoms with Crippen LogP contribution >= 0.6 is 0 Å². The van der Waals surface area contributed by atoms with E-state index in [1.165, 1.54) is 5.56 Å². The second-order valence-electron chi connectivity index (χ2n) is 5.38. The summed E-state index contributed by atoms with van der Waals surface area (Å²) in [7, 11) is 0. The molecule has 0 heterocycles. The van der Waals surface area contributed by atoms with Gasteiger partial charge in [0.15, 0.2) is 12.4 Å². The summed E-state index contributed by atoms with van der Waals surface area (Å²) >= 11 is 0. The average molecular weight is 282 g/mol. The summed E-state index contributed by atoms with van der Waals surface area (Å²) in [5.41, 5.74) is 4.09. The van der Waals surface area contributed by atoms with Crippen molar-refractivity contribution in [3.05, 3.63) is 64.7 Å². The Morgan fingerprint density at radius 3 is 2.19 bits per heavy atom. The molecule has 0 bridgehead atoms. The first kappa shape index (κ1) is 15.3. The van der Waals surface area contributed by atoms with Crippen LogP contribution in [-0.2, 0) is 6.42 Å². The minimum atomic E-state index is 0.0145. The maximum absolute atomic E-state index is 12.2. The zero-order valence-electron chi connectivity index (χ0n) is 13.0. The van der Waals surface area contributed by atoms with Gasteiger partial charge < -0.3 is 4.74 Å². The molecule has 0 fully saturated rings. The summed E-state index contributed by atoms with van der Waals surface area (Å²) in [6, 6.07) is 13.8.